The van der Waals surface area contributed by atoms with Crippen LogP contribution in [0.4, 0.5) is 5.69 Å². The number of hydrogen-bond donors (Lipinski definition) is 1. The molecule has 1 amide bonds. The van der Waals surface area contributed by atoms with Crippen LogP contribution in [0.3, 0.4) is 0 Å². The fourth-order valence-electron chi connectivity index (χ4n) is 1.82. The minimum atomic E-state index is 0.0484. The van der Waals surface area contributed by atoms with Crippen LogP contribution in [0, 0.1) is 5.92 Å². The molecule has 0 saturated heterocycles. The number of anilines is 1. The number of carbonyl (C=O) groups excluding carboxylic acids is 1. The van der Waals surface area contributed by atoms with Crippen molar-refractivity contribution in [1.29, 1.82) is 0 Å². The highest BCUT2D eigenvalue weighted by molar-refractivity contribution is 5.92. The maximum atomic E-state index is 11.9. The first-order valence-electron chi connectivity index (χ1n) is 6.19. The molecular formula is C14H21NO3. The van der Waals surface area contributed by atoms with Crippen LogP contribution in [0.2, 0.25) is 0 Å². The largest absolute Gasteiger partial charge is 0.493 e. The number of carbonyl (C=O) groups is 1. The molecule has 0 fully saturated rings. The van der Waals surface area contributed by atoms with Gasteiger partial charge in [0.15, 0.2) is 11.5 Å². The molecule has 1 aromatic rings. The second-order valence-electron chi connectivity index (χ2n) is 4.07. The third kappa shape index (κ3) is 3.39. The summed E-state index contributed by atoms with van der Waals surface area (Å²) >= 11 is 0. The Morgan fingerprint density at radius 2 is 1.78 bits per heavy atom. The van der Waals surface area contributed by atoms with Crippen LogP contribution in [0.25, 0.3) is 0 Å². The molecule has 4 heteroatoms. The van der Waals surface area contributed by atoms with Crippen molar-refractivity contribution in [2.75, 3.05) is 19.5 Å². The molecule has 0 aliphatic carbocycles. The molecule has 0 spiro atoms. The van der Waals surface area contributed by atoms with Gasteiger partial charge in [0, 0.05) is 17.7 Å². The number of ether oxygens (including phenoxy) is 2. The highest BCUT2D eigenvalue weighted by Gasteiger charge is 2.14. The summed E-state index contributed by atoms with van der Waals surface area (Å²) in [6.45, 7) is 4.03. The maximum Gasteiger partial charge on any atom is 0.227 e. The fraction of sp³-hybridized carbons (Fsp3) is 0.500. The van der Waals surface area contributed by atoms with Gasteiger partial charge in [-0.2, -0.15) is 0 Å². The van der Waals surface area contributed by atoms with Crippen LogP contribution < -0.4 is 14.8 Å². The van der Waals surface area contributed by atoms with Crippen molar-refractivity contribution in [2.45, 2.75) is 26.7 Å². The van der Waals surface area contributed by atoms with E-state index in [1.54, 1.807) is 26.4 Å². The van der Waals surface area contributed by atoms with Gasteiger partial charge in [-0.25, -0.2) is 0 Å². The minimum absolute atomic E-state index is 0.0484. The lowest BCUT2D eigenvalue weighted by atomic mass is 10.0. The zero-order chi connectivity index (χ0) is 13.5. The van der Waals surface area contributed by atoms with Crippen molar-refractivity contribution in [3.63, 3.8) is 0 Å². The third-order valence-corrected chi connectivity index (χ3v) is 3.01. The van der Waals surface area contributed by atoms with Crippen molar-refractivity contribution in [2.24, 2.45) is 5.92 Å². The van der Waals surface area contributed by atoms with Gasteiger partial charge in [0.25, 0.3) is 0 Å². The lowest BCUT2D eigenvalue weighted by Crippen LogP contribution is -2.21. The molecule has 0 atom stereocenters. The van der Waals surface area contributed by atoms with Crippen molar-refractivity contribution >= 4 is 11.6 Å². The Labute approximate surface area is 108 Å². The van der Waals surface area contributed by atoms with Gasteiger partial charge in [-0.15, -0.1) is 0 Å². The molecule has 4 nitrogen and oxygen atoms in total. The topological polar surface area (TPSA) is 47.6 Å². The number of methoxy groups -OCH3 is 2. The number of nitrogens with one attached hydrogen (secondary N) is 1. The van der Waals surface area contributed by atoms with E-state index in [2.05, 4.69) is 5.32 Å². The second kappa shape index (κ2) is 6.89. The molecule has 0 aliphatic rings. The van der Waals surface area contributed by atoms with Crippen LogP contribution >= 0.6 is 0 Å². The van der Waals surface area contributed by atoms with E-state index >= 15 is 0 Å². The lowest BCUT2D eigenvalue weighted by Gasteiger charge is -2.14. The minimum Gasteiger partial charge on any atom is -0.493 e. The van der Waals surface area contributed by atoms with Gasteiger partial charge in [0.2, 0.25) is 5.91 Å². The quantitative estimate of drug-likeness (QED) is 0.845. The van der Waals surface area contributed by atoms with Crippen LogP contribution in [0.15, 0.2) is 18.2 Å². The van der Waals surface area contributed by atoms with Gasteiger partial charge in [-0.1, -0.05) is 13.8 Å². The van der Waals surface area contributed by atoms with Gasteiger partial charge in [-0.3, -0.25) is 4.79 Å². The smallest absolute Gasteiger partial charge is 0.227 e. The van der Waals surface area contributed by atoms with E-state index in [1.165, 1.54) is 0 Å². The molecule has 0 aliphatic heterocycles. The number of amides is 1. The van der Waals surface area contributed by atoms with E-state index < -0.39 is 0 Å². The van der Waals surface area contributed by atoms with Crippen LogP contribution in [-0.4, -0.2) is 20.1 Å². The molecule has 0 aromatic heterocycles. The number of rotatable bonds is 6. The highest BCUT2D eigenvalue weighted by atomic mass is 16.5. The Morgan fingerprint density at radius 1 is 1.17 bits per heavy atom. The summed E-state index contributed by atoms with van der Waals surface area (Å²) in [7, 11) is 3.16. The summed E-state index contributed by atoms with van der Waals surface area (Å²) in [5, 5.41) is 2.90. The van der Waals surface area contributed by atoms with Gasteiger partial charge < -0.3 is 14.8 Å². The Balaban J connectivity index is 2.82. The van der Waals surface area contributed by atoms with Crippen LogP contribution in [-0.2, 0) is 4.79 Å². The molecule has 0 bridgehead atoms. The number of benzene rings is 1. The second-order valence-corrected chi connectivity index (χ2v) is 4.07. The average molecular weight is 251 g/mol. The predicted molar refractivity (Wildman–Crippen MR) is 72.2 cm³/mol. The first-order valence-corrected chi connectivity index (χ1v) is 6.19. The fourth-order valence-corrected chi connectivity index (χ4v) is 1.82. The van der Waals surface area contributed by atoms with Crippen molar-refractivity contribution in [3.8, 4) is 11.5 Å². The Morgan fingerprint density at radius 3 is 2.28 bits per heavy atom. The lowest BCUT2D eigenvalue weighted by molar-refractivity contribution is -0.120. The van der Waals surface area contributed by atoms with E-state index in [9.17, 15) is 4.79 Å². The van der Waals surface area contributed by atoms with Crippen LogP contribution in [0.1, 0.15) is 26.7 Å². The van der Waals surface area contributed by atoms with Gasteiger partial charge >= 0.3 is 0 Å². The summed E-state index contributed by atoms with van der Waals surface area (Å²) in [6, 6.07) is 5.35. The summed E-state index contributed by atoms with van der Waals surface area (Å²) in [6.07, 6.45) is 1.69. The van der Waals surface area contributed by atoms with E-state index in [1.807, 2.05) is 19.9 Å². The van der Waals surface area contributed by atoms with E-state index in [-0.39, 0.29) is 11.8 Å². The molecule has 1 aromatic carbocycles. The number of hydrogen-bond acceptors (Lipinski definition) is 3. The Hall–Kier alpha value is -1.71. The van der Waals surface area contributed by atoms with E-state index in [0.29, 0.717) is 11.5 Å². The summed E-state index contributed by atoms with van der Waals surface area (Å²) in [4.78, 5) is 11.9. The molecule has 100 valence electrons. The van der Waals surface area contributed by atoms with Crippen LogP contribution in [0.5, 0.6) is 11.5 Å². The summed E-state index contributed by atoms with van der Waals surface area (Å²) < 4.78 is 10.3. The molecule has 18 heavy (non-hydrogen) atoms. The Kier molecular flexibility index (Phi) is 5.49. The monoisotopic (exact) mass is 251 g/mol. The normalized spacial score (nSPS) is 10.3. The van der Waals surface area contributed by atoms with E-state index in [4.69, 9.17) is 9.47 Å². The average Bonchev–Trinajstić information content (AvgIpc) is 2.40. The SMILES string of the molecule is CCC(CC)C(=O)Nc1ccc(OC)c(OC)c1. The molecule has 0 saturated carbocycles. The zero-order valence-electron chi connectivity index (χ0n) is 11.4. The molecule has 0 heterocycles. The van der Waals surface area contributed by atoms with Gasteiger partial charge in [0.1, 0.15) is 0 Å². The van der Waals surface area contributed by atoms with Crippen molar-refractivity contribution in [1.82, 2.24) is 0 Å². The predicted octanol–water partition coefficient (Wildman–Crippen LogP) is 3.08. The first-order chi connectivity index (χ1) is 8.65. The Bertz CT molecular complexity index is 400. The molecule has 1 rings (SSSR count). The molecule has 0 unspecified atom stereocenters. The molecule has 1 N–H and O–H groups in total. The third-order valence-electron chi connectivity index (χ3n) is 3.01. The van der Waals surface area contributed by atoms with Crippen molar-refractivity contribution in [3.05, 3.63) is 18.2 Å². The zero-order valence-corrected chi connectivity index (χ0v) is 11.4. The van der Waals surface area contributed by atoms with Gasteiger partial charge in [-0.05, 0) is 25.0 Å². The first kappa shape index (κ1) is 14.4. The van der Waals surface area contributed by atoms with E-state index in [0.717, 1.165) is 18.5 Å². The van der Waals surface area contributed by atoms with Gasteiger partial charge in [0.05, 0.1) is 14.2 Å². The maximum absolute atomic E-state index is 11.9. The summed E-state index contributed by atoms with van der Waals surface area (Å²) in [5.74, 6) is 1.36. The molecule has 0 radical (unpaired) electrons. The standard InChI is InChI=1S/C14H21NO3/c1-5-10(6-2)14(16)15-11-7-8-12(17-3)13(9-11)18-4/h7-10H,5-6H2,1-4H3,(H,15,16). The summed E-state index contributed by atoms with van der Waals surface area (Å²) in [5.41, 5.74) is 0.726. The highest BCUT2D eigenvalue weighted by Crippen LogP contribution is 2.30. The van der Waals surface area contributed by atoms with Crippen molar-refractivity contribution < 1.29 is 14.3 Å². The molecular weight excluding hydrogens is 230 g/mol.